The van der Waals surface area contributed by atoms with E-state index in [1.54, 1.807) is 0 Å². The quantitative estimate of drug-likeness (QED) is 0.620. The number of rotatable bonds is 4. The van der Waals surface area contributed by atoms with Crippen LogP contribution in [0.2, 0.25) is 0 Å². The summed E-state index contributed by atoms with van der Waals surface area (Å²) in [4.78, 5) is 0. The summed E-state index contributed by atoms with van der Waals surface area (Å²) >= 11 is 0. The molecule has 0 aliphatic heterocycles. The van der Waals surface area contributed by atoms with Crippen LogP contribution in [-0.2, 0) is 0 Å². The van der Waals surface area contributed by atoms with Crippen molar-refractivity contribution in [2.45, 2.75) is 38.0 Å². The van der Waals surface area contributed by atoms with Crippen molar-refractivity contribution in [3.8, 4) is 0 Å². The Hall–Kier alpha value is -1.30. The van der Waals surface area contributed by atoms with Gasteiger partial charge in [0.25, 0.3) is 0 Å². The van der Waals surface area contributed by atoms with Crippen molar-refractivity contribution >= 4 is 6.08 Å². The van der Waals surface area contributed by atoms with Gasteiger partial charge in [0.05, 0.1) is 0 Å². The highest BCUT2D eigenvalue weighted by Crippen LogP contribution is 2.37. The van der Waals surface area contributed by atoms with Gasteiger partial charge in [-0.3, -0.25) is 0 Å². The highest BCUT2D eigenvalue weighted by molar-refractivity contribution is 5.47. The van der Waals surface area contributed by atoms with E-state index in [2.05, 4.69) is 43.5 Å². The highest BCUT2D eigenvalue weighted by Gasteiger charge is 2.21. The molecule has 1 saturated carbocycles. The van der Waals surface area contributed by atoms with Gasteiger partial charge in [-0.1, -0.05) is 43.0 Å². The Balaban J connectivity index is 1.95. The molecule has 1 aliphatic carbocycles. The lowest BCUT2D eigenvalue weighted by molar-refractivity contribution is 0.328. The van der Waals surface area contributed by atoms with E-state index >= 15 is 0 Å². The molecule has 0 heterocycles. The van der Waals surface area contributed by atoms with Crippen LogP contribution >= 0.6 is 0 Å². The molecular formula is C17H22. The number of hydrogen-bond donors (Lipinski definition) is 0. The van der Waals surface area contributed by atoms with Gasteiger partial charge >= 0.3 is 0 Å². The Labute approximate surface area is 105 Å². The van der Waals surface area contributed by atoms with Gasteiger partial charge in [-0.05, 0) is 55.1 Å². The first-order valence-electron chi connectivity index (χ1n) is 6.66. The van der Waals surface area contributed by atoms with E-state index in [1.165, 1.54) is 43.2 Å². The van der Waals surface area contributed by atoms with Gasteiger partial charge in [-0.2, -0.15) is 0 Å². The fraction of sp³-hybridized carbons (Fsp3) is 0.412. The van der Waals surface area contributed by atoms with Crippen molar-refractivity contribution in [2.75, 3.05) is 0 Å². The summed E-state index contributed by atoms with van der Waals surface area (Å²) in [5.41, 5.74) is 2.72. The van der Waals surface area contributed by atoms with E-state index in [9.17, 15) is 0 Å². The molecular weight excluding hydrogens is 204 g/mol. The van der Waals surface area contributed by atoms with Crippen molar-refractivity contribution in [1.82, 2.24) is 0 Å². The van der Waals surface area contributed by atoms with Crippen LogP contribution in [0, 0.1) is 5.92 Å². The first kappa shape index (κ1) is 12.2. The monoisotopic (exact) mass is 226 g/mol. The predicted octanol–water partition coefficient (Wildman–Crippen LogP) is 5.18. The Bertz CT molecular complexity index is 364. The molecule has 1 aromatic carbocycles. The zero-order valence-corrected chi connectivity index (χ0v) is 10.6. The van der Waals surface area contributed by atoms with Gasteiger partial charge in [0.15, 0.2) is 0 Å². The van der Waals surface area contributed by atoms with Crippen LogP contribution in [0.1, 0.15) is 49.1 Å². The van der Waals surface area contributed by atoms with Crippen molar-refractivity contribution in [2.24, 2.45) is 5.92 Å². The van der Waals surface area contributed by atoms with E-state index < -0.39 is 0 Å². The molecule has 0 nitrogen and oxygen atoms in total. The molecule has 0 bridgehead atoms. The molecule has 0 unspecified atom stereocenters. The first-order chi connectivity index (χ1) is 8.33. The zero-order valence-electron chi connectivity index (χ0n) is 10.6. The van der Waals surface area contributed by atoms with Gasteiger partial charge in [0.1, 0.15) is 0 Å². The lowest BCUT2D eigenvalue weighted by atomic mass is 9.77. The topological polar surface area (TPSA) is 0 Å². The third-order valence-corrected chi connectivity index (χ3v) is 3.99. The van der Waals surface area contributed by atoms with E-state index in [4.69, 9.17) is 0 Å². The van der Waals surface area contributed by atoms with Crippen LogP contribution in [0.3, 0.4) is 0 Å². The molecule has 17 heavy (non-hydrogen) atoms. The van der Waals surface area contributed by atoms with Crippen molar-refractivity contribution in [1.29, 1.82) is 0 Å². The van der Waals surface area contributed by atoms with Crippen LogP contribution in [-0.4, -0.2) is 0 Å². The van der Waals surface area contributed by atoms with E-state index in [0.29, 0.717) is 0 Å². The van der Waals surface area contributed by atoms with Crippen LogP contribution in [0.15, 0.2) is 43.5 Å². The third kappa shape index (κ3) is 3.09. The molecule has 1 aliphatic rings. The highest BCUT2D eigenvalue weighted by atomic mass is 14.3. The second-order valence-electron chi connectivity index (χ2n) is 5.11. The fourth-order valence-corrected chi connectivity index (χ4v) is 2.87. The molecule has 90 valence electrons. The minimum atomic E-state index is 0.773. The van der Waals surface area contributed by atoms with Crippen LogP contribution in [0.5, 0.6) is 0 Å². The predicted molar refractivity (Wildman–Crippen MR) is 76.0 cm³/mol. The fourth-order valence-electron chi connectivity index (χ4n) is 2.87. The average molecular weight is 226 g/mol. The summed E-state index contributed by atoms with van der Waals surface area (Å²) in [5, 5.41) is 0. The van der Waals surface area contributed by atoms with E-state index in [-0.39, 0.29) is 0 Å². The molecule has 0 radical (unpaired) electrons. The lowest BCUT2D eigenvalue weighted by Gasteiger charge is -2.28. The van der Waals surface area contributed by atoms with E-state index in [1.807, 2.05) is 6.08 Å². The molecule has 2 rings (SSSR count). The average Bonchev–Trinajstić information content (AvgIpc) is 2.40. The third-order valence-electron chi connectivity index (χ3n) is 3.99. The van der Waals surface area contributed by atoms with Crippen molar-refractivity contribution in [3.05, 3.63) is 54.6 Å². The van der Waals surface area contributed by atoms with E-state index in [0.717, 1.165) is 11.8 Å². The van der Waals surface area contributed by atoms with Crippen molar-refractivity contribution in [3.63, 3.8) is 0 Å². The largest absolute Gasteiger partial charge is 0.103 e. The summed E-state index contributed by atoms with van der Waals surface area (Å²) in [5.74, 6) is 1.66. The smallest absolute Gasteiger partial charge is 0.0162 e. The summed E-state index contributed by atoms with van der Waals surface area (Å²) in [6.07, 6.45) is 10.6. The van der Waals surface area contributed by atoms with Crippen LogP contribution in [0.4, 0.5) is 0 Å². The summed E-state index contributed by atoms with van der Waals surface area (Å²) < 4.78 is 0. The first-order valence-corrected chi connectivity index (χ1v) is 6.66. The Morgan fingerprint density at radius 1 is 1.00 bits per heavy atom. The molecule has 0 heteroatoms. The lowest BCUT2D eigenvalue weighted by Crippen LogP contribution is -2.12. The maximum Gasteiger partial charge on any atom is -0.0162 e. The maximum atomic E-state index is 3.84. The minimum Gasteiger partial charge on any atom is -0.103 e. The number of benzene rings is 1. The molecule has 0 N–H and O–H groups in total. The zero-order chi connectivity index (χ0) is 12.1. The van der Waals surface area contributed by atoms with Crippen molar-refractivity contribution < 1.29 is 0 Å². The maximum absolute atomic E-state index is 3.84. The van der Waals surface area contributed by atoms with Gasteiger partial charge in [0.2, 0.25) is 0 Å². The van der Waals surface area contributed by atoms with Gasteiger partial charge in [-0.15, -0.1) is 6.58 Å². The summed E-state index contributed by atoms with van der Waals surface area (Å²) in [7, 11) is 0. The molecule has 0 aromatic heterocycles. The molecule has 1 aromatic rings. The minimum absolute atomic E-state index is 0.773. The Kier molecular flexibility index (Phi) is 4.19. The summed E-state index contributed by atoms with van der Waals surface area (Å²) in [6.45, 7) is 7.64. The molecule has 0 spiro atoms. The normalized spacial score (nSPS) is 24.2. The second kappa shape index (κ2) is 5.86. The molecule has 0 amide bonds. The molecule has 1 fully saturated rings. The molecule has 0 atom stereocenters. The Morgan fingerprint density at radius 3 is 2.18 bits per heavy atom. The van der Waals surface area contributed by atoms with Gasteiger partial charge in [-0.25, -0.2) is 0 Å². The van der Waals surface area contributed by atoms with Gasteiger partial charge in [0, 0.05) is 0 Å². The van der Waals surface area contributed by atoms with Crippen LogP contribution < -0.4 is 0 Å². The van der Waals surface area contributed by atoms with Gasteiger partial charge < -0.3 is 0 Å². The molecule has 0 saturated heterocycles. The number of hydrogen-bond acceptors (Lipinski definition) is 0. The standard InChI is InChI=1S/C17H22/c1-3-5-15-8-12-17(13-9-15)16-10-6-14(4-2)7-11-16/h3-4,6-7,10-11,15,17H,1-2,5,8-9,12-13H2. The summed E-state index contributed by atoms with van der Waals surface area (Å²) in [6, 6.07) is 8.90. The number of allylic oxidation sites excluding steroid dienone is 1. The van der Waals surface area contributed by atoms with Crippen LogP contribution in [0.25, 0.3) is 6.08 Å². The Morgan fingerprint density at radius 2 is 1.65 bits per heavy atom. The second-order valence-corrected chi connectivity index (χ2v) is 5.11. The SMILES string of the molecule is C=CCC1CCC(c2ccc(C=C)cc2)CC1.